The lowest BCUT2D eigenvalue weighted by molar-refractivity contribution is -0.167. The predicted octanol–water partition coefficient (Wildman–Crippen LogP) is 12.9. The maximum absolute atomic E-state index is 12.6. The first-order valence-electron chi connectivity index (χ1n) is 20.8. The molecule has 0 aliphatic rings. The highest BCUT2D eigenvalue weighted by molar-refractivity contribution is 5.71. The summed E-state index contributed by atoms with van der Waals surface area (Å²) in [6.45, 7) is 6.52. The molecule has 0 fully saturated rings. The molecule has 49 heavy (non-hydrogen) atoms. The van der Waals surface area contributed by atoms with Crippen LogP contribution < -0.4 is 0 Å². The summed E-state index contributed by atoms with van der Waals surface area (Å²) in [6.07, 6.45) is 40.3. The number of carbonyl (C=O) groups excluding carboxylic acids is 3. The molecular weight excluding hydrogens is 612 g/mol. The van der Waals surface area contributed by atoms with Crippen molar-refractivity contribution in [2.24, 2.45) is 0 Å². The van der Waals surface area contributed by atoms with Gasteiger partial charge >= 0.3 is 17.9 Å². The van der Waals surface area contributed by atoms with Gasteiger partial charge in [-0.3, -0.25) is 14.4 Å². The van der Waals surface area contributed by atoms with Crippen LogP contribution >= 0.6 is 0 Å². The number of ether oxygens (including phenoxy) is 3. The Hall–Kier alpha value is -2.11. The van der Waals surface area contributed by atoms with Gasteiger partial charge < -0.3 is 14.2 Å². The molecule has 0 aliphatic heterocycles. The minimum absolute atomic E-state index is 0.0738. The first-order chi connectivity index (χ1) is 24.0. The van der Waals surface area contributed by atoms with Crippen LogP contribution in [0.5, 0.6) is 0 Å². The number of hydrogen-bond donors (Lipinski definition) is 0. The summed E-state index contributed by atoms with van der Waals surface area (Å²) >= 11 is 0. The Balaban J connectivity index is 4.28. The maximum Gasteiger partial charge on any atom is 0.306 e. The topological polar surface area (TPSA) is 78.9 Å². The summed E-state index contributed by atoms with van der Waals surface area (Å²) in [5.41, 5.74) is 0. The van der Waals surface area contributed by atoms with Crippen LogP contribution in [0.15, 0.2) is 24.3 Å². The molecule has 0 spiro atoms. The van der Waals surface area contributed by atoms with E-state index < -0.39 is 6.10 Å². The highest BCUT2D eigenvalue weighted by atomic mass is 16.6. The van der Waals surface area contributed by atoms with E-state index in [0.29, 0.717) is 19.3 Å². The number of rotatable bonds is 37. The van der Waals surface area contributed by atoms with Crippen LogP contribution in [0.25, 0.3) is 0 Å². The monoisotopic (exact) mass is 691 g/mol. The van der Waals surface area contributed by atoms with E-state index in [1.54, 1.807) is 0 Å². The van der Waals surface area contributed by atoms with Crippen molar-refractivity contribution in [2.45, 2.75) is 219 Å². The minimum Gasteiger partial charge on any atom is -0.462 e. The lowest BCUT2D eigenvalue weighted by Gasteiger charge is -2.18. The number of esters is 3. The summed E-state index contributed by atoms with van der Waals surface area (Å²) in [5, 5.41) is 0. The Kier molecular flexibility index (Phi) is 37.0. The molecule has 0 saturated heterocycles. The van der Waals surface area contributed by atoms with Crippen molar-refractivity contribution in [1.82, 2.24) is 0 Å². The summed E-state index contributed by atoms with van der Waals surface area (Å²) in [5.74, 6) is -0.899. The lowest BCUT2D eigenvalue weighted by atomic mass is 10.1. The molecule has 0 N–H and O–H groups in total. The fourth-order valence-corrected chi connectivity index (χ4v) is 5.76. The SMILES string of the molecule is CCCCCC/C=C\C/C=C\CCCCCCCC(=O)OCC(COC(=O)CCCCCCCCC)OC(=O)CCCCCCCCCC. The molecule has 0 heterocycles. The molecule has 0 bridgehead atoms. The fourth-order valence-electron chi connectivity index (χ4n) is 5.76. The third-order valence-electron chi connectivity index (χ3n) is 8.96. The van der Waals surface area contributed by atoms with E-state index in [9.17, 15) is 14.4 Å². The van der Waals surface area contributed by atoms with Crippen molar-refractivity contribution in [3.63, 3.8) is 0 Å². The van der Waals surface area contributed by atoms with Gasteiger partial charge in [-0.1, -0.05) is 167 Å². The molecule has 0 amide bonds. The van der Waals surface area contributed by atoms with E-state index in [1.807, 2.05) is 0 Å². The van der Waals surface area contributed by atoms with E-state index in [2.05, 4.69) is 45.1 Å². The fraction of sp³-hybridized carbons (Fsp3) is 0.837. The van der Waals surface area contributed by atoms with Crippen LogP contribution in [0, 0.1) is 0 Å². The summed E-state index contributed by atoms with van der Waals surface area (Å²) in [7, 11) is 0. The molecule has 0 saturated carbocycles. The van der Waals surface area contributed by atoms with Crippen molar-refractivity contribution in [3.05, 3.63) is 24.3 Å². The second-order valence-electron chi connectivity index (χ2n) is 13.9. The van der Waals surface area contributed by atoms with Gasteiger partial charge in [0.2, 0.25) is 0 Å². The Morgan fingerprint density at radius 1 is 0.408 bits per heavy atom. The number of unbranched alkanes of at least 4 members (excludes halogenated alkanes) is 22. The zero-order chi connectivity index (χ0) is 35.9. The van der Waals surface area contributed by atoms with Gasteiger partial charge in [0.25, 0.3) is 0 Å². The maximum atomic E-state index is 12.6. The largest absolute Gasteiger partial charge is 0.462 e. The first kappa shape index (κ1) is 46.9. The average molecular weight is 691 g/mol. The van der Waals surface area contributed by atoms with Crippen molar-refractivity contribution >= 4 is 17.9 Å². The van der Waals surface area contributed by atoms with E-state index in [1.165, 1.54) is 96.3 Å². The lowest BCUT2D eigenvalue weighted by Crippen LogP contribution is -2.30. The van der Waals surface area contributed by atoms with Crippen molar-refractivity contribution < 1.29 is 28.6 Å². The van der Waals surface area contributed by atoms with Crippen molar-refractivity contribution in [1.29, 1.82) is 0 Å². The molecule has 6 nitrogen and oxygen atoms in total. The molecule has 0 aromatic carbocycles. The summed E-state index contributed by atoms with van der Waals surface area (Å²) < 4.78 is 16.5. The van der Waals surface area contributed by atoms with Crippen molar-refractivity contribution in [2.75, 3.05) is 13.2 Å². The van der Waals surface area contributed by atoms with Crippen LogP contribution in [-0.2, 0) is 28.6 Å². The molecule has 0 rings (SSSR count). The van der Waals surface area contributed by atoms with Gasteiger partial charge in [0.1, 0.15) is 13.2 Å². The highest BCUT2D eigenvalue weighted by Crippen LogP contribution is 2.13. The van der Waals surface area contributed by atoms with Crippen LogP contribution in [0.3, 0.4) is 0 Å². The minimum atomic E-state index is -0.766. The summed E-state index contributed by atoms with van der Waals surface area (Å²) in [6, 6.07) is 0. The molecule has 0 radical (unpaired) electrons. The van der Waals surface area contributed by atoms with Crippen molar-refractivity contribution in [3.8, 4) is 0 Å². The standard InChI is InChI=1S/C43H78O6/c1-4-7-10-13-16-18-19-20-21-22-23-24-25-28-30-33-36-42(45)48-39-40(38-47-41(44)35-32-29-26-15-12-9-6-3)49-43(46)37-34-31-27-17-14-11-8-5-2/h18-19,21-22,40H,4-17,20,23-39H2,1-3H3/b19-18-,22-21-. The molecule has 1 unspecified atom stereocenters. The normalized spacial score (nSPS) is 12.1. The number of hydrogen-bond acceptors (Lipinski definition) is 6. The second-order valence-corrected chi connectivity index (χ2v) is 13.9. The van der Waals surface area contributed by atoms with Gasteiger partial charge in [-0.15, -0.1) is 0 Å². The third-order valence-corrected chi connectivity index (χ3v) is 8.96. The van der Waals surface area contributed by atoms with Gasteiger partial charge in [0.15, 0.2) is 6.10 Å². The molecule has 0 aromatic heterocycles. The second kappa shape index (κ2) is 38.7. The van der Waals surface area contributed by atoms with E-state index in [0.717, 1.165) is 77.0 Å². The van der Waals surface area contributed by atoms with Gasteiger partial charge in [0, 0.05) is 19.3 Å². The average Bonchev–Trinajstić information content (AvgIpc) is 3.10. The number of carbonyl (C=O) groups is 3. The van der Waals surface area contributed by atoms with Crippen LogP contribution in [0.4, 0.5) is 0 Å². The van der Waals surface area contributed by atoms with Crippen LogP contribution in [0.1, 0.15) is 213 Å². The molecule has 6 heteroatoms. The zero-order valence-corrected chi connectivity index (χ0v) is 32.5. The van der Waals surface area contributed by atoms with Gasteiger partial charge in [-0.25, -0.2) is 0 Å². The summed E-state index contributed by atoms with van der Waals surface area (Å²) in [4.78, 5) is 37.3. The Labute approximate surface area is 303 Å². The van der Waals surface area contributed by atoms with Gasteiger partial charge in [-0.05, 0) is 51.4 Å². The zero-order valence-electron chi connectivity index (χ0n) is 32.5. The smallest absolute Gasteiger partial charge is 0.306 e. The van der Waals surface area contributed by atoms with Gasteiger partial charge in [0.05, 0.1) is 0 Å². The van der Waals surface area contributed by atoms with Crippen LogP contribution in [0.2, 0.25) is 0 Å². The Bertz CT molecular complexity index is 804. The first-order valence-corrected chi connectivity index (χ1v) is 20.8. The molecule has 0 aliphatic carbocycles. The molecule has 1 atom stereocenters. The third kappa shape index (κ3) is 37.0. The van der Waals surface area contributed by atoms with E-state index >= 15 is 0 Å². The van der Waals surface area contributed by atoms with Crippen LogP contribution in [-0.4, -0.2) is 37.2 Å². The Morgan fingerprint density at radius 3 is 1.14 bits per heavy atom. The number of allylic oxidation sites excluding steroid dienone is 4. The predicted molar refractivity (Wildman–Crippen MR) is 206 cm³/mol. The highest BCUT2D eigenvalue weighted by Gasteiger charge is 2.19. The Morgan fingerprint density at radius 2 is 0.735 bits per heavy atom. The van der Waals surface area contributed by atoms with Gasteiger partial charge in [-0.2, -0.15) is 0 Å². The molecular formula is C43H78O6. The van der Waals surface area contributed by atoms with E-state index in [-0.39, 0.29) is 31.1 Å². The molecule has 0 aromatic rings. The molecule has 286 valence electrons. The van der Waals surface area contributed by atoms with E-state index in [4.69, 9.17) is 14.2 Å². The quantitative estimate of drug-likeness (QED) is 0.0279.